The Morgan fingerprint density at radius 2 is 1.59 bits per heavy atom. The number of piperidine rings is 1. The molecule has 3 aromatic rings. The molecule has 0 aliphatic carbocycles. The van der Waals surface area contributed by atoms with Gasteiger partial charge in [-0.15, -0.1) is 0 Å². The van der Waals surface area contributed by atoms with E-state index >= 15 is 0 Å². The standard InChI is InChI=1S/C30H35N3O4/c1-21-8-11-23(12-9-21)29(34)32-24-15-18-33(19-16-24)26-7-5-4-6-25(26)30(35)31-17-14-22-10-13-27(36-2)28(20-22)37-3/h4-13,20,24H,14-19H2,1-3H3,(H,31,35)(H,32,34). The van der Waals surface area contributed by atoms with Gasteiger partial charge in [0.15, 0.2) is 11.5 Å². The van der Waals surface area contributed by atoms with Crippen molar-refractivity contribution < 1.29 is 19.1 Å². The number of carbonyl (C=O) groups excluding carboxylic acids is 2. The van der Waals surface area contributed by atoms with Crippen LogP contribution in [0.25, 0.3) is 0 Å². The molecule has 1 aliphatic rings. The Labute approximate surface area is 218 Å². The average Bonchev–Trinajstić information content (AvgIpc) is 2.93. The van der Waals surface area contributed by atoms with E-state index in [1.54, 1.807) is 14.2 Å². The highest BCUT2D eigenvalue weighted by molar-refractivity contribution is 6.00. The van der Waals surface area contributed by atoms with Crippen LogP contribution in [0, 0.1) is 6.92 Å². The number of benzene rings is 3. The van der Waals surface area contributed by atoms with Crippen LogP contribution >= 0.6 is 0 Å². The minimum atomic E-state index is -0.0918. The molecule has 0 radical (unpaired) electrons. The van der Waals surface area contributed by atoms with Crippen LogP contribution in [0.3, 0.4) is 0 Å². The molecule has 37 heavy (non-hydrogen) atoms. The van der Waals surface area contributed by atoms with Gasteiger partial charge in [0.2, 0.25) is 0 Å². The second kappa shape index (κ2) is 12.3. The Morgan fingerprint density at radius 1 is 0.892 bits per heavy atom. The number of anilines is 1. The highest BCUT2D eigenvalue weighted by Crippen LogP contribution is 2.28. The van der Waals surface area contributed by atoms with Crippen LogP contribution in [-0.4, -0.2) is 51.7 Å². The van der Waals surface area contributed by atoms with Gasteiger partial charge in [-0.3, -0.25) is 9.59 Å². The highest BCUT2D eigenvalue weighted by atomic mass is 16.5. The molecule has 1 fully saturated rings. The Bertz CT molecular complexity index is 1220. The van der Waals surface area contributed by atoms with Crippen molar-refractivity contribution in [2.24, 2.45) is 0 Å². The molecule has 3 aromatic carbocycles. The van der Waals surface area contributed by atoms with Crippen molar-refractivity contribution >= 4 is 17.5 Å². The molecule has 0 saturated carbocycles. The first-order valence-corrected chi connectivity index (χ1v) is 12.7. The SMILES string of the molecule is COc1ccc(CCNC(=O)c2ccccc2N2CCC(NC(=O)c3ccc(C)cc3)CC2)cc1OC. The van der Waals surface area contributed by atoms with E-state index in [1.807, 2.05) is 73.7 Å². The van der Waals surface area contributed by atoms with Crippen molar-refractivity contribution in [3.05, 3.63) is 89.0 Å². The van der Waals surface area contributed by atoms with Gasteiger partial charge >= 0.3 is 0 Å². The van der Waals surface area contributed by atoms with Crippen molar-refractivity contribution in [1.82, 2.24) is 10.6 Å². The molecule has 0 spiro atoms. The van der Waals surface area contributed by atoms with Gasteiger partial charge in [0.05, 0.1) is 19.8 Å². The summed E-state index contributed by atoms with van der Waals surface area (Å²) in [5.74, 6) is 1.23. The largest absolute Gasteiger partial charge is 0.493 e. The number of para-hydroxylation sites is 1. The van der Waals surface area contributed by atoms with Crippen LogP contribution in [0.15, 0.2) is 66.7 Å². The number of hydrogen-bond donors (Lipinski definition) is 2. The van der Waals surface area contributed by atoms with E-state index in [9.17, 15) is 9.59 Å². The minimum Gasteiger partial charge on any atom is -0.493 e. The lowest BCUT2D eigenvalue weighted by Gasteiger charge is -2.35. The molecule has 194 valence electrons. The first-order chi connectivity index (χ1) is 18.0. The van der Waals surface area contributed by atoms with Gasteiger partial charge in [0.1, 0.15) is 0 Å². The van der Waals surface area contributed by atoms with Crippen LogP contribution in [0.1, 0.15) is 44.7 Å². The average molecular weight is 502 g/mol. The number of ether oxygens (including phenoxy) is 2. The van der Waals surface area contributed by atoms with Crippen LogP contribution in [0.4, 0.5) is 5.69 Å². The van der Waals surface area contributed by atoms with E-state index in [0.717, 1.165) is 42.7 Å². The van der Waals surface area contributed by atoms with E-state index in [-0.39, 0.29) is 17.9 Å². The van der Waals surface area contributed by atoms with Crippen molar-refractivity contribution in [2.45, 2.75) is 32.2 Å². The van der Waals surface area contributed by atoms with Crippen LogP contribution in [0.2, 0.25) is 0 Å². The lowest BCUT2D eigenvalue weighted by Crippen LogP contribution is -2.45. The van der Waals surface area contributed by atoms with Crippen molar-refractivity contribution in [3.63, 3.8) is 0 Å². The maximum Gasteiger partial charge on any atom is 0.253 e. The summed E-state index contributed by atoms with van der Waals surface area (Å²) in [6, 6.07) is 21.2. The summed E-state index contributed by atoms with van der Waals surface area (Å²) in [6.07, 6.45) is 2.33. The molecule has 0 atom stereocenters. The summed E-state index contributed by atoms with van der Waals surface area (Å²) in [6.45, 7) is 4.06. The summed E-state index contributed by atoms with van der Waals surface area (Å²) in [7, 11) is 3.22. The Kier molecular flexibility index (Phi) is 8.67. The van der Waals surface area contributed by atoms with Gasteiger partial charge in [0.25, 0.3) is 11.8 Å². The minimum absolute atomic E-state index is 0.0345. The zero-order valence-electron chi connectivity index (χ0n) is 21.8. The predicted octanol–water partition coefficient (Wildman–Crippen LogP) is 4.38. The Hall–Kier alpha value is -4.00. The number of amides is 2. The van der Waals surface area contributed by atoms with Crippen molar-refractivity contribution in [2.75, 3.05) is 38.8 Å². The highest BCUT2D eigenvalue weighted by Gasteiger charge is 2.24. The van der Waals surface area contributed by atoms with Crippen LogP contribution in [-0.2, 0) is 6.42 Å². The number of methoxy groups -OCH3 is 2. The van der Waals surface area contributed by atoms with Gasteiger partial charge in [-0.1, -0.05) is 35.9 Å². The number of carbonyl (C=O) groups is 2. The normalized spacial score (nSPS) is 13.6. The molecule has 7 heteroatoms. The topological polar surface area (TPSA) is 79.9 Å². The quantitative estimate of drug-likeness (QED) is 0.455. The zero-order chi connectivity index (χ0) is 26.2. The zero-order valence-corrected chi connectivity index (χ0v) is 21.8. The second-order valence-electron chi connectivity index (χ2n) is 9.31. The molecular formula is C30H35N3O4. The molecule has 0 unspecified atom stereocenters. The second-order valence-corrected chi connectivity index (χ2v) is 9.31. The van der Waals surface area contributed by atoms with Gasteiger partial charge < -0.3 is 25.0 Å². The van der Waals surface area contributed by atoms with Crippen molar-refractivity contribution in [1.29, 1.82) is 0 Å². The number of nitrogens with zero attached hydrogens (tertiary/aromatic N) is 1. The Balaban J connectivity index is 1.31. The van der Waals surface area contributed by atoms with Gasteiger partial charge in [0, 0.05) is 36.9 Å². The third kappa shape index (κ3) is 6.61. The molecule has 1 saturated heterocycles. The molecule has 7 nitrogen and oxygen atoms in total. The van der Waals surface area contributed by atoms with Gasteiger partial charge in [-0.25, -0.2) is 0 Å². The number of aryl methyl sites for hydroxylation is 1. The van der Waals surface area contributed by atoms with E-state index in [4.69, 9.17) is 9.47 Å². The smallest absolute Gasteiger partial charge is 0.253 e. The van der Waals surface area contributed by atoms with Gasteiger partial charge in [-0.2, -0.15) is 0 Å². The van der Waals surface area contributed by atoms with E-state index in [0.29, 0.717) is 35.6 Å². The first-order valence-electron chi connectivity index (χ1n) is 12.7. The summed E-state index contributed by atoms with van der Waals surface area (Å²) in [5, 5.41) is 6.22. The maximum atomic E-state index is 13.1. The monoisotopic (exact) mass is 501 g/mol. The molecule has 4 rings (SSSR count). The molecule has 0 aromatic heterocycles. The number of nitrogens with one attached hydrogen (secondary N) is 2. The van der Waals surface area contributed by atoms with E-state index in [1.165, 1.54) is 0 Å². The first kappa shape index (κ1) is 26.1. The summed E-state index contributed by atoms with van der Waals surface area (Å²) in [4.78, 5) is 27.9. The Morgan fingerprint density at radius 3 is 2.30 bits per heavy atom. The summed E-state index contributed by atoms with van der Waals surface area (Å²) in [5.41, 5.74) is 4.46. The van der Waals surface area contributed by atoms with Crippen molar-refractivity contribution in [3.8, 4) is 11.5 Å². The van der Waals surface area contributed by atoms with Gasteiger partial charge in [-0.05, 0) is 68.1 Å². The summed E-state index contributed by atoms with van der Waals surface area (Å²) < 4.78 is 10.7. The molecule has 1 heterocycles. The molecule has 1 aliphatic heterocycles. The lowest BCUT2D eigenvalue weighted by atomic mass is 10.0. The third-order valence-electron chi connectivity index (χ3n) is 6.78. The molecule has 0 bridgehead atoms. The number of rotatable bonds is 9. The maximum absolute atomic E-state index is 13.1. The van der Waals surface area contributed by atoms with Crippen LogP contribution < -0.4 is 25.0 Å². The molecule has 2 N–H and O–H groups in total. The molecular weight excluding hydrogens is 466 g/mol. The third-order valence-corrected chi connectivity index (χ3v) is 6.78. The predicted molar refractivity (Wildman–Crippen MR) is 146 cm³/mol. The fourth-order valence-corrected chi connectivity index (χ4v) is 4.63. The fraction of sp³-hybridized carbons (Fsp3) is 0.333. The summed E-state index contributed by atoms with van der Waals surface area (Å²) >= 11 is 0. The van der Waals surface area contributed by atoms with E-state index < -0.39 is 0 Å². The molecule has 2 amide bonds. The number of hydrogen-bond acceptors (Lipinski definition) is 5. The van der Waals surface area contributed by atoms with Crippen LogP contribution in [0.5, 0.6) is 11.5 Å². The lowest BCUT2D eigenvalue weighted by molar-refractivity contribution is 0.0929. The fourth-order valence-electron chi connectivity index (χ4n) is 4.63. The van der Waals surface area contributed by atoms with E-state index in [2.05, 4.69) is 15.5 Å².